The molecule has 0 unspecified atom stereocenters. The van der Waals surface area contributed by atoms with Crippen LogP contribution in [0.4, 0.5) is 0 Å². The van der Waals surface area contributed by atoms with Crippen molar-refractivity contribution >= 4 is 27.7 Å². The van der Waals surface area contributed by atoms with E-state index in [4.69, 9.17) is 9.15 Å². The summed E-state index contributed by atoms with van der Waals surface area (Å²) >= 11 is 0. The molecule has 5 heteroatoms. The Kier molecular flexibility index (Phi) is 3.89. The van der Waals surface area contributed by atoms with Gasteiger partial charge >= 0.3 is 5.63 Å². The van der Waals surface area contributed by atoms with Crippen LogP contribution in [0.2, 0.25) is 0 Å². The van der Waals surface area contributed by atoms with Crippen molar-refractivity contribution in [1.29, 1.82) is 0 Å². The molecule has 0 spiro atoms. The zero-order chi connectivity index (χ0) is 18.1. The Morgan fingerprint density at radius 3 is 2.31 bits per heavy atom. The molecule has 0 aliphatic heterocycles. The summed E-state index contributed by atoms with van der Waals surface area (Å²) in [5, 5.41) is 13.5. The lowest BCUT2D eigenvalue weighted by Gasteiger charge is -2.20. The largest absolute Gasteiger partial charge is 0.546 e. The van der Waals surface area contributed by atoms with Crippen molar-refractivity contribution < 1.29 is 19.1 Å². The van der Waals surface area contributed by atoms with Crippen LogP contribution < -0.4 is 15.5 Å². The maximum absolute atomic E-state index is 12.1. The fraction of sp³-hybridized carbons (Fsp3) is 0.0476. The molecule has 3 aromatic carbocycles. The van der Waals surface area contributed by atoms with Crippen LogP contribution in [0.1, 0.15) is 11.7 Å². The average Bonchev–Trinajstić information content (AvgIpc) is 2.66. The third-order valence-electron chi connectivity index (χ3n) is 4.16. The van der Waals surface area contributed by atoms with E-state index >= 15 is 0 Å². The second-order valence-corrected chi connectivity index (χ2v) is 5.82. The lowest BCUT2D eigenvalue weighted by molar-refractivity contribution is -0.314. The van der Waals surface area contributed by atoms with Crippen LogP contribution in [0, 0.1) is 0 Å². The first-order valence-electron chi connectivity index (χ1n) is 8.01. The van der Waals surface area contributed by atoms with Crippen LogP contribution in [-0.4, -0.2) is 5.97 Å². The van der Waals surface area contributed by atoms with Crippen LogP contribution >= 0.6 is 0 Å². The summed E-state index contributed by atoms with van der Waals surface area (Å²) < 4.78 is 11.0. The normalized spacial score (nSPS) is 12.2. The van der Waals surface area contributed by atoms with Gasteiger partial charge in [0.05, 0.1) is 11.4 Å². The van der Waals surface area contributed by atoms with E-state index in [1.165, 1.54) is 6.07 Å². The first-order valence-corrected chi connectivity index (χ1v) is 8.01. The molecule has 5 nitrogen and oxygen atoms in total. The molecule has 0 bridgehead atoms. The van der Waals surface area contributed by atoms with Crippen molar-refractivity contribution in [3.63, 3.8) is 0 Å². The van der Waals surface area contributed by atoms with Gasteiger partial charge in [0.25, 0.3) is 0 Å². The Morgan fingerprint density at radius 1 is 0.885 bits per heavy atom. The second-order valence-electron chi connectivity index (χ2n) is 5.82. The fourth-order valence-electron chi connectivity index (χ4n) is 2.95. The van der Waals surface area contributed by atoms with Gasteiger partial charge in [-0.2, -0.15) is 0 Å². The van der Waals surface area contributed by atoms with Gasteiger partial charge in [0, 0.05) is 11.5 Å². The third kappa shape index (κ3) is 2.80. The zero-order valence-corrected chi connectivity index (χ0v) is 13.5. The molecule has 0 aliphatic carbocycles. The number of carbonyl (C=O) groups is 1. The van der Waals surface area contributed by atoms with Gasteiger partial charge in [-0.15, -0.1) is 0 Å². The molecule has 4 aromatic rings. The van der Waals surface area contributed by atoms with Crippen molar-refractivity contribution in [2.45, 2.75) is 6.10 Å². The maximum atomic E-state index is 12.1. The number of benzene rings is 3. The summed E-state index contributed by atoms with van der Waals surface area (Å²) in [5.41, 5.74) is 0.341. The summed E-state index contributed by atoms with van der Waals surface area (Å²) in [6, 6.07) is 20.6. The number of fused-ring (bicyclic) bond motifs is 3. The van der Waals surface area contributed by atoms with Crippen molar-refractivity contribution in [2.75, 3.05) is 0 Å². The molecular formula is C21H13O5-. The molecule has 1 heterocycles. The number of rotatable bonds is 4. The maximum Gasteiger partial charge on any atom is 0.344 e. The number of hydrogen-bond donors (Lipinski definition) is 0. The van der Waals surface area contributed by atoms with E-state index in [-0.39, 0.29) is 5.75 Å². The van der Waals surface area contributed by atoms with Crippen LogP contribution in [-0.2, 0) is 4.79 Å². The number of carboxylic acids is 1. The van der Waals surface area contributed by atoms with Gasteiger partial charge in [0.1, 0.15) is 11.3 Å². The van der Waals surface area contributed by atoms with E-state index in [1.54, 1.807) is 54.6 Å². The summed E-state index contributed by atoms with van der Waals surface area (Å²) in [6.07, 6.45) is -1.26. The molecule has 1 aromatic heterocycles. The van der Waals surface area contributed by atoms with Crippen molar-refractivity contribution in [3.05, 3.63) is 88.8 Å². The minimum Gasteiger partial charge on any atom is -0.546 e. The minimum atomic E-state index is -1.35. The minimum absolute atomic E-state index is 0.272. The van der Waals surface area contributed by atoms with Gasteiger partial charge in [-0.05, 0) is 29.1 Å². The number of carbonyl (C=O) groups excluding carboxylic acids is 1. The predicted molar refractivity (Wildman–Crippen MR) is 94.8 cm³/mol. The van der Waals surface area contributed by atoms with Gasteiger partial charge in [-0.25, -0.2) is 4.79 Å². The standard InChI is InChI=1S/C21H14O5/c22-20(23)19(13-6-2-1-3-7-13)25-14-10-11-16-15-8-4-5-9-17(15)21(24)26-18(16)12-14/h1-12,19H,(H,22,23)/p-1/t19-/m0/s1. The Hall–Kier alpha value is -3.60. The quantitative estimate of drug-likeness (QED) is 0.420. The molecule has 0 saturated heterocycles. The van der Waals surface area contributed by atoms with Gasteiger partial charge in [0.15, 0.2) is 6.10 Å². The summed E-state index contributed by atoms with van der Waals surface area (Å²) in [5.74, 6) is -1.08. The smallest absolute Gasteiger partial charge is 0.344 e. The molecule has 0 saturated carbocycles. The zero-order valence-electron chi connectivity index (χ0n) is 13.5. The molecular weight excluding hydrogens is 332 g/mol. The van der Waals surface area contributed by atoms with Crippen molar-refractivity contribution in [1.82, 2.24) is 0 Å². The van der Waals surface area contributed by atoms with E-state index in [9.17, 15) is 14.7 Å². The fourth-order valence-corrected chi connectivity index (χ4v) is 2.95. The van der Waals surface area contributed by atoms with E-state index in [2.05, 4.69) is 0 Å². The highest BCUT2D eigenvalue weighted by Crippen LogP contribution is 2.28. The molecule has 4 rings (SSSR count). The first kappa shape index (κ1) is 15.9. The molecule has 0 aliphatic rings. The van der Waals surface area contributed by atoms with Gasteiger partial charge < -0.3 is 19.1 Å². The highest BCUT2D eigenvalue weighted by molar-refractivity contribution is 6.04. The topological polar surface area (TPSA) is 79.6 Å². The highest BCUT2D eigenvalue weighted by atomic mass is 16.5. The van der Waals surface area contributed by atoms with Crippen LogP contribution in [0.15, 0.2) is 82.0 Å². The van der Waals surface area contributed by atoms with Gasteiger partial charge in [-0.3, -0.25) is 0 Å². The molecule has 26 heavy (non-hydrogen) atoms. The van der Waals surface area contributed by atoms with E-state index in [0.29, 0.717) is 16.5 Å². The molecule has 0 fully saturated rings. The Labute approximate surface area is 148 Å². The number of aliphatic carboxylic acids is 1. The summed E-state index contributed by atoms with van der Waals surface area (Å²) in [6.45, 7) is 0. The molecule has 0 radical (unpaired) electrons. The Balaban J connectivity index is 1.79. The van der Waals surface area contributed by atoms with Crippen LogP contribution in [0.25, 0.3) is 21.7 Å². The highest BCUT2D eigenvalue weighted by Gasteiger charge is 2.15. The van der Waals surface area contributed by atoms with Crippen LogP contribution in [0.5, 0.6) is 5.75 Å². The van der Waals surface area contributed by atoms with Gasteiger partial charge in [0.2, 0.25) is 0 Å². The van der Waals surface area contributed by atoms with Gasteiger partial charge in [-0.1, -0.05) is 48.5 Å². The molecule has 1 atom stereocenters. The number of carboxylic acid groups (broad SMARTS) is 1. The number of ether oxygens (including phenoxy) is 1. The molecule has 0 amide bonds. The lowest BCUT2D eigenvalue weighted by Crippen LogP contribution is -2.33. The van der Waals surface area contributed by atoms with E-state index in [1.807, 2.05) is 12.1 Å². The summed E-state index contributed by atoms with van der Waals surface area (Å²) in [7, 11) is 0. The molecule has 128 valence electrons. The van der Waals surface area contributed by atoms with E-state index in [0.717, 1.165) is 10.8 Å². The van der Waals surface area contributed by atoms with Crippen LogP contribution in [0.3, 0.4) is 0 Å². The number of hydrogen-bond acceptors (Lipinski definition) is 5. The SMILES string of the molecule is O=C([O-])[C@@H](Oc1ccc2c(c1)oc(=O)c1ccccc12)c1ccccc1. The first-order chi connectivity index (χ1) is 12.6. The lowest BCUT2D eigenvalue weighted by atomic mass is 10.1. The second kappa shape index (κ2) is 6.37. The Morgan fingerprint density at radius 2 is 1.58 bits per heavy atom. The van der Waals surface area contributed by atoms with E-state index < -0.39 is 17.7 Å². The monoisotopic (exact) mass is 345 g/mol. The van der Waals surface area contributed by atoms with Crippen molar-refractivity contribution in [3.8, 4) is 5.75 Å². The predicted octanol–water partition coefficient (Wildman–Crippen LogP) is 2.82. The summed E-state index contributed by atoms with van der Waals surface area (Å²) in [4.78, 5) is 23.6. The Bertz CT molecular complexity index is 1160. The average molecular weight is 345 g/mol. The molecule has 0 N–H and O–H groups in total. The van der Waals surface area contributed by atoms with Crippen molar-refractivity contribution in [2.24, 2.45) is 0 Å². The third-order valence-corrected chi connectivity index (χ3v) is 4.16.